The number of hydrogen-bond acceptors (Lipinski definition) is 5. The predicted molar refractivity (Wildman–Crippen MR) is 104 cm³/mol. The Labute approximate surface area is 163 Å². The largest absolute Gasteiger partial charge is 0.444 e. The molecule has 26 heavy (non-hydrogen) atoms. The Hall–Kier alpha value is -1.67. The number of amides is 2. The fourth-order valence-corrected chi connectivity index (χ4v) is 3.43. The maximum atomic E-state index is 12.4. The Morgan fingerprint density at radius 2 is 1.92 bits per heavy atom. The third-order valence-electron chi connectivity index (χ3n) is 3.96. The fraction of sp³-hybridized carbons (Fsp3) is 0.611. The second-order valence-corrected chi connectivity index (χ2v) is 8.60. The average molecular weight is 427 g/mol. The highest BCUT2D eigenvalue weighted by Gasteiger charge is 2.35. The van der Waals surface area contributed by atoms with Crippen molar-refractivity contribution in [2.45, 2.75) is 52.3 Å². The van der Waals surface area contributed by atoms with Gasteiger partial charge in [-0.05, 0) is 46.8 Å². The summed E-state index contributed by atoms with van der Waals surface area (Å²) in [4.78, 5) is 32.7. The van der Waals surface area contributed by atoms with Crippen molar-refractivity contribution >= 4 is 33.7 Å². The van der Waals surface area contributed by atoms with Crippen molar-refractivity contribution in [2.75, 3.05) is 25.0 Å². The maximum absolute atomic E-state index is 12.4. The first kappa shape index (κ1) is 20.6. The number of halogens is 1. The van der Waals surface area contributed by atoms with Crippen LogP contribution in [0.25, 0.3) is 0 Å². The Kier molecular flexibility index (Phi) is 6.63. The monoisotopic (exact) mass is 426 g/mol. The minimum Gasteiger partial charge on any atom is -0.444 e. The highest BCUT2D eigenvalue weighted by molar-refractivity contribution is 9.10. The van der Waals surface area contributed by atoms with Gasteiger partial charge >= 0.3 is 6.09 Å². The number of ether oxygens (including phenoxy) is 1. The van der Waals surface area contributed by atoms with E-state index in [1.54, 1.807) is 23.2 Å². The maximum Gasteiger partial charge on any atom is 0.410 e. The van der Waals surface area contributed by atoms with Crippen molar-refractivity contribution in [1.82, 2.24) is 14.8 Å². The molecule has 0 bridgehead atoms. The first-order valence-electron chi connectivity index (χ1n) is 8.70. The van der Waals surface area contributed by atoms with Gasteiger partial charge in [-0.1, -0.05) is 15.9 Å². The van der Waals surface area contributed by atoms with Crippen molar-refractivity contribution in [3.05, 3.63) is 22.8 Å². The lowest BCUT2D eigenvalue weighted by Gasteiger charge is -2.44. The third-order valence-corrected chi connectivity index (χ3v) is 4.45. The molecule has 2 heterocycles. The number of hydrogen-bond donors (Lipinski definition) is 1. The summed E-state index contributed by atoms with van der Waals surface area (Å²) in [5, 5.41) is 2.80. The summed E-state index contributed by atoms with van der Waals surface area (Å²) >= 11 is 3.36. The lowest BCUT2D eigenvalue weighted by atomic mass is 10.1. The van der Waals surface area contributed by atoms with Gasteiger partial charge in [-0.25, -0.2) is 9.78 Å². The summed E-state index contributed by atoms with van der Waals surface area (Å²) in [5.74, 6) is 0.388. The van der Waals surface area contributed by atoms with Gasteiger partial charge in [0, 0.05) is 35.8 Å². The Bertz CT molecular complexity index is 650. The van der Waals surface area contributed by atoms with Crippen LogP contribution in [0.4, 0.5) is 10.6 Å². The molecular formula is C18H27BrN4O3. The van der Waals surface area contributed by atoms with Crippen LogP contribution < -0.4 is 5.32 Å². The van der Waals surface area contributed by atoms with Crippen molar-refractivity contribution in [1.29, 1.82) is 0 Å². The van der Waals surface area contributed by atoms with Gasteiger partial charge in [-0.3, -0.25) is 9.69 Å². The van der Waals surface area contributed by atoms with Gasteiger partial charge in [-0.2, -0.15) is 0 Å². The molecule has 8 heteroatoms. The molecule has 0 aromatic carbocycles. The number of rotatable bonds is 3. The van der Waals surface area contributed by atoms with E-state index in [9.17, 15) is 9.59 Å². The molecule has 0 saturated carbocycles. The smallest absolute Gasteiger partial charge is 0.410 e. The van der Waals surface area contributed by atoms with Crippen LogP contribution >= 0.6 is 15.9 Å². The molecule has 2 rings (SSSR count). The zero-order chi connectivity index (χ0) is 19.5. The highest BCUT2D eigenvalue weighted by atomic mass is 79.9. The number of aromatic nitrogens is 1. The van der Waals surface area contributed by atoms with E-state index in [1.165, 1.54) is 0 Å². The van der Waals surface area contributed by atoms with Crippen LogP contribution in [-0.4, -0.2) is 64.1 Å². The zero-order valence-corrected chi connectivity index (χ0v) is 17.5. The van der Waals surface area contributed by atoms with E-state index in [1.807, 2.05) is 39.5 Å². The molecule has 2 amide bonds. The number of pyridine rings is 1. The van der Waals surface area contributed by atoms with Gasteiger partial charge in [0.05, 0.1) is 6.54 Å². The highest BCUT2D eigenvalue weighted by Crippen LogP contribution is 2.20. The van der Waals surface area contributed by atoms with Gasteiger partial charge in [-0.15, -0.1) is 0 Å². The summed E-state index contributed by atoms with van der Waals surface area (Å²) < 4.78 is 6.36. The molecule has 0 spiro atoms. The normalized spacial score (nSPS) is 21.4. The number of nitrogens with one attached hydrogen (secondary N) is 1. The second-order valence-electron chi connectivity index (χ2n) is 7.69. The summed E-state index contributed by atoms with van der Waals surface area (Å²) in [6.07, 6.45) is 1.32. The van der Waals surface area contributed by atoms with Crippen LogP contribution in [-0.2, 0) is 9.53 Å². The van der Waals surface area contributed by atoms with Crippen molar-refractivity contribution in [2.24, 2.45) is 0 Å². The zero-order valence-electron chi connectivity index (χ0n) is 16.0. The van der Waals surface area contributed by atoms with Gasteiger partial charge in [0.15, 0.2) is 0 Å². The first-order chi connectivity index (χ1) is 12.0. The number of anilines is 1. The summed E-state index contributed by atoms with van der Waals surface area (Å²) in [5.41, 5.74) is -0.523. The molecule has 2 atom stereocenters. The molecule has 1 aromatic heterocycles. The Morgan fingerprint density at radius 3 is 2.46 bits per heavy atom. The number of nitrogens with zero attached hydrogens (tertiary/aromatic N) is 3. The molecule has 1 aromatic rings. The van der Waals surface area contributed by atoms with E-state index < -0.39 is 5.60 Å². The molecule has 7 nitrogen and oxygen atoms in total. The lowest BCUT2D eigenvalue weighted by Crippen LogP contribution is -2.60. The van der Waals surface area contributed by atoms with E-state index in [-0.39, 0.29) is 30.6 Å². The van der Waals surface area contributed by atoms with Crippen LogP contribution in [0.3, 0.4) is 0 Å². The van der Waals surface area contributed by atoms with Crippen molar-refractivity contribution < 1.29 is 14.3 Å². The standard InChI is InChI=1S/C18H27BrN4O3/c1-12-9-22(10-13(2)23(12)17(25)26-18(3,4)5)11-16(24)21-15-8-14(19)6-7-20-15/h6-8,12-13H,9-11H2,1-5H3,(H,20,21,24). The van der Waals surface area contributed by atoms with Crippen molar-refractivity contribution in [3.8, 4) is 0 Å². The van der Waals surface area contributed by atoms with Crippen molar-refractivity contribution in [3.63, 3.8) is 0 Å². The number of carbonyl (C=O) groups is 2. The average Bonchev–Trinajstić information content (AvgIpc) is 2.43. The predicted octanol–water partition coefficient (Wildman–Crippen LogP) is 3.11. The van der Waals surface area contributed by atoms with Crippen LogP contribution in [0.15, 0.2) is 22.8 Å². The molecule has 1 saturated heterocycles. The fourth-order valence-electron chi connectivity index (χ4n) is 3.09. The first-order valence-corrected chi connectivity index (χ1v) is 9.49. The SMILES string of the molecule is CC1CN(CC(=O)Nc2cc(Br)ccn2)CC(C)N1C(=O)OC(C)(C)C. The Balaban J connectivity index is 1.92. The van der Waals surface area contributed by atoms with Gasteiger partial charge in [0.1, 0.15) is 11.4 Å². The summed E-state index contributed by atoms with van der Waals surface area (Å²) in [7, 11) is 0. The van der Waals surface area contributed by atoms with E-state index in [4.69, 9.17) is 4.74 Å². The van der Waals surface area contributed by atoms with E-state index in [0.717, 1.165) is 4.47 Å². The lowest BCUT2D eigenvalue weighted by molar-refractivity contribution is -0.118. The molecule has 1 aliphatic rings. The quantitative estimate of drug-likeness (QED) is 0.803. The van der Waals surface area contributed by atoms with Gasteiger partial charge in [0.25, 0.3) is 0 Å². The number of carbonyl (C=O) groups excluding carboxylic acids is 2. The van der Waals surface area contributed by atoms with E-state index in [2.05, 4.69) is 26.2 Å². The van der Waals surface area contributed by atoms with Crippen LogP contribution in [0.5, 0.6) is 0 Å². The van der Waals surface area contributed by atoms with Gasteiger partial charge < -0.3 is 15.0 Å². The minimum absolute atomic E-state index is 0.0367. The molecule has 0 radical (unpaired) electrons. The van der Waals surface area contributed by atoms with Gasteiger partial charge in [0.2, 0.25) is 5.91 Å². The number of piperazine rings is 1. The van der Waals surface area contributed by atoms with E-state index >= 15 is 0 Å². The third kappa shape index (κ3) is 5.95. The molecule has 1 aliphatic heterocycles. The second kappa shape index (κ2) is 8.35. The molecule has 0 aliphatic carbocycles. The topological polar surface area (TPSA) is 74.8 Å². The van der Waals surface area contributed by atoms with Crippen LogP contribution in [0, 0.1) is 0 Å². The molecule has 2 unspecified atom stereocenters. The summed E-state index contributed by atoms with van der Waals surface area (Å²) in [6.45, 7) is 11.0. The van der Waals surface area contributed by atoms with E-state index in [0.29, 0.717) is 18.9 Å². The summed E-state index contributed by atoms with van der Waals surface area (Å²) in [6, 6.07) is 3.48. The Morgan fingerprint density at radius 1 is 1.31 bits per heavy atom. The molecule has 1 fully saturated rings. The minimum atomic E-state index is -0.523. The van der Waals surface area contributed by atoms with Crippen LogP contribution in [0.1, 0.15) is 34.6 Å². The molecule has 1 N–H and O–H groups in total. The molecule has 144 valence electrons. The van der Waals surface area contributed by atoms with Crippen LogP contribution in [0.2, 0.25) is 0 Å². The molecular weight excluding hydrogens is 400 g/mol.